The van der Waals surface area contributed by atoms with Crippen LogP contribution in [0, 0.1) is 5.82 Å². The molecule has 0 radical (unpaired) electrons. The van der Waals surface area contributed by atoms with Crippen LogP contribution >= 0.6 is 11.6 Å². The first-order chi connectivity index (χ1) is 8.49. The van der Waals surface area contributed by atoms with Crippen LogP contribution in [-0.2, 0) is 7.05 Å². The van der Waals surface area contributed by atoms with Crippen LogP contribution in [0.5, 0.6) is 0 Å². The minimum atomic E-state index is -0.936. The van der Waals surface area contributed by atoms with E-state index in [1.165, 1.54) is 23.0 Å². The van der Waals surface area contributed by atoms with Crippen molar-refractivity contribution >= 4 is 17.4 Å². The standard InChI is InChI=1S/C12H11ClFN3O/c1-17-6-7(5-16-17)11(15)12(18)9-3-2-8(13)4-10(9)14/h2-6,11H,15H2,1H3. The summed E-state index contributed by atoms with van der Waals surface area (Å²) in [5.41, 5.74) is 6.25. The normalized spacial score (nSPS) is 12.4. The third kappa shape index (κ3) is 2.42. The topological polar surface area (TPSA) is 60.9 Å². The summed E-state index contributed by atoms with van der Waals surface area (Å²) in [6, 6.07) is 2.93. The first-order valence-corrected chi connectivity index (χ1v) is 5.60. The Balaban J connectivity index is 2.31. The molecule has 1 atom stereocenters. The largest absolute Gasteiger partial charge is 0.317 e. The van der Waals surface area contributed by atoms with E-state index in [-0.39, 0.29) is 10.6 Å². The molecule has 0 saturated heterocycles. The Labute approximate surface area is 108 Å². The average Bonchev–Trinajstić information content (AvgIpc) is 2.74. The predicted octanol–water partition coefficient (Wildman–Crippen LogP) is 2.10. The van der Waals surface area contributed by atoms with E-state index < -0.39 is 17.6 Å². The summed E-state index contributed by atoms with van der Waals surface area (Å²) >= 11 is 5.63. The summed E-state index contributed by atoms with van der Waals surface area (Å²) < 4.78 is 15.1. The Hall–Kier alpha value is -1.72. The number of hydrogen-bond acceptors (Lipinski definition) is 3. The van der Waals surface area contributed by atoms with Crippen molar-refractivity contribution in [2.75, 3.05) is 0 Å². The molecule has 1 aromatic carbocycles. The molecule has 2 aromatic rings. The summed E-state index contributed by atoms with van der Waals surface area (Å²) in [4.78, 5) is 12.0. The van der Waals surface area contributed by atoms with Gasteiger partial charge in [0.05, 0.1) is 17.8 Å². The van der Waals surface area contributed by atoms with Crippen LogP contribution in [0.1, 0.15) is 22.0 Å². The van der Waals surface area contributed by atoms with Crippen molar-refractivity contribution in [1.29, 1.82) is 0 Å². The van der Waals surface area contributed by atoms with Gasteiger partial charge in [-0.25, -0.2) is 4.39 Å². The Bertz CT molecular complexity index is 597. The lowest BCUT2D eigenvalue weighted by molar-refractivity contribution is 0.0957. The van der Waals surface area contributed by atoms with Gasteiger partial charge in [0.25, 0.3) is 0 Å². The number of nitrogens with zero attached hydrogens (tertiary/aromatic N) is 2. The number of Topliss-reactive ketones (excluding diaryl/α,β-unsaturated/α-hetero) is 1. The number of aryl methyl sites for hydroxylation is 1. The van der Waals surface area contributed by atoms with Gasteiger partial charge >= 0.3 is 0 Å². The molecule has 1 aromatic heterocycles. The maximum absolute atomic E-state index is 13.6. The van der Waals surface area contributed by atoms with Crippen molar-refractivity contribution in [2.45, 2.75) is 6.04 Å². The number of nitrogens with two attached hydrogens (primary N) is 1. The molecule has 2 rings (SSSR count). The zero-order valence-corrected chi connectivity index (χ0v) is 10.4. The molecule has 1 unspecified atom stereocenters. The highest BCUT2D eigenvalue weighted by molar-refractivity contribution is 6.30. The predicted molar refractivity (Wildman–Crippen MR) is 65.9 cm³/mol. The molecular formula is C12H11ClFN3O. The quantitative estimate of drug-likeness (QED) is 0.867. The Morgan fingerprint density at radius 1 is 1.56 bits per heavy atom. The molecule has 0 aliphatic rings. The minimum Gasteiger partial charge on any atom is -0.317 e. The number of benzene rings is 1. The fraction of sp³-hybridized carbons (Fsp3) is 0.167. The average molecular weight is 268 g/mol. The van der Waals surface area contributed by atoms with Gasteiger partial charge in [-0.3, -0.25) is 9.48 Å². The highest BCUT2D eigenvalue weighted by atomic mass is 35.5. The van der Waals surface area contributed by atoms with Crippen molar-refractivity contribution in [1.82, 2.24) is 9.78 Å². The molecule has 94 valence electrons. The lowest BCUT2D eigenvalue weighted by Crippen LogP contribution is -2.22. The van der Waals surface area contributed by atoms with Crippen molar-refractivity contribution in [3.8, 4) is 0 Å². The van der Waals surface area contributed by atoms with E-state index in [1.54, 1.807) is 13.2 Å². The number of carbonyl (C=O) groups excluding carboxylic acids is 1. The highest BCUT2D eigenvalue weighted by Crippen LogP contribution is 2.20. The van der Waals surface area contributed by atoms with Gasteiger partial charge in [-0.2, -0.15) is 5.10 Å². The SMILES string of the molecule is Cn1cc(C(N)C(=O)c2ccc(Cl)cc2F)cn1. The molecule has 18 heavy (non-hydrogen) atoms. The van der Waals surface area contributed by atoms with Crippen molar-refractivity contribution in [3.63, 3.8) is 0 Å². The second kappa shape index (κ2) is 4.88. The fourth-order valence-electron chi connectivity index (χ4n) is 1.61. The first kappa shape index (κ1) is 12.7. The highest BCUT2D eigenvalue weighted by Gasteiger charge is 2.22. The van der Waals surface area contributed by atoms with Gasteiger partial charge in [0.1, 0.15) is 5.82 Å². The van der Waals surface area contributed by atoms with E-state index in [4.69, 9.17) is 17.3 Å². The molecule has 0 fully saturated rings. The molecule has 0 bridgehead atoms. The van der Waals surface area contributed by atoms with Crippen LogP contribution in [0.4, 0.5) is 4.39 Å². The molecule has 0 spiro atoms. The third-order valence-electron chi connectivity index (χ3n) is 2.56. The van der Waals surface area contributed by atoms with Crippen molar-refractivity contribution < 1.29 is 9.18 Å². The zero-order valence-electron chi connectivity index (χ0n) is 9.60. The first-order valence-electron chi connectivity index (χ1n) is 5.22. The molecule has 1 heterocycles. The maximum atomic E-state index is 13.6. The summed E-state index contributed by atoms with van der Waals surface area (Å²) in [6.07, 6.45) is 3.10. The molecule has 2 N–H and O–H groups in total. The lowest BCUT2D eigenvalue weighted by atomic mass is 10.0. The van der Waals surface area contributed by atoms with Crippen LogP contribution in [-0.4, -0.2) is 15.6 Å². The maximum Gasteiger partial charge on any atom is 0.187 e. The molecule has 4 nitrogen and oxygen atoms in total. The Kier molecular flexibility index (Phi) is 3.45. The summed E-state index contributed by atoms with van der Waals surface area (Å²) in [6.45, 7) is 0. The number of hydrogen-bond donors (Lipinski definition) is 1. The summed E-state index contributed by atoms with van der Waals surface area (Å²) in [5, 5.41) is 4.16. The second-order valence-corrected chi connectivity index (χ2v) is 4.35. The molecule has 0 aliphatic heterocycles. The zero-order chi connectivity index (χ0) is 13.3. The Morgan fingerprint density at radius 3 is 2.83 bits per heavy atom. The van der Waals surface area contributed by atoms with Gasteiger partial charge in [0.2, 0.25) is 0 Å². The van der Waals surface area contributed by atoms with E-state index in [2.05, 4.69) is 5.10 Å². The number of carbonyl (C=O) groups is 1. The van der Waals surface area contributed by atoms with Crippen LogP contribution in [0.2, 0.25) is 5.02 Å². The van der Waals surface area contributed by atoms with E-state index >= 15 is 0 Å². The minimum absolute atomic E-state index is 0.0734. The van der Waals surface area contributed by atoms with Gasteiger partial charge < -0.3 is 5.73 Å². The molecular weight excluding hydrogens is 257 g/mol. The smallest absolute Gasteiger partial charge is 0.187 e. The van der Waals surface area contributed by atoms with E-state index in [0.29, 0.717) is 5.56 Å². The number of ketones is 1. The van der Waals surface area contributed by atoms with E-state index in [1.807, 2.05) is 0 Å². The van der Waals surface area contributed by atoms with E-state index in [9.17, 15) is 9.18 Å². The molecule has 0 amide bonds. The number of halogens is 2. The summed E-state index contributed by atoms with van der Waals surface area (Å²) in [7, 11) is 1.71. The second-order valence-electron chi connectivity index (χ2n) is 3.91. The summed E-state index contributed by atoms with van der Waals surface area (Å²) in [5.74, 6) is -1.18. The molecule has 0 saturated carbocycles. The van der Waals surface area contributed by atoms with Crippen LogP contribution in [0.3, 0.4) is 0 Å². The van der Waals surface area contributed by atoms with Gasteiger partial charge in [-0.15, -0.1) is 0 Å². The lowest BCUT2D eigenvalue weighted by Gasteiger charge is -2.09. The molecule has 0 aliphatic carbocycles. The van der Waals surface area contributed by atoms with Crippen LogP contribution < -0.4 is 5.73 Å². The van der Waals surface area contributed by atoms with Gasteiger partial charge in [0.15, 0.2) is 5.78 Å². The van der Waals surface area contributed by atoms with Gasteiger partial charge in [-0.1, -0.05) is 11.6 Å². The number of aromatic nitrogens is 2. The number of rotatable bonds is 3. The van der Waals surface area contributed by atoms with Crippen LogP contribution in [0.25, 0.3) is 0 Å². The van der Waals surface area contributed by atoms with Gasteiger partial charge in [-0.05, 0) is 18.2 Å². The monoisotopic (exact) mass is 267 g/mol. The Morgan fingerprint density at radius 2 is 2.28 bits per heavy atom. The van der Waals surface area contributed by atoms with Crippen LogP contribution in [0.15, 0.2) is 30.6 Å². The van der Waals surface area contributed by atoms with Crippen molar-refractivity contribution in [2.24, 2.45) is 12.8 Å². The van der Waals surface area contributed by atoms with E-state index in [0.717, 1.165) is 6.07 Å². The fourth-order valence-corrected chi connectivity index (χ4v) is 1.77. The van der Waals surface area contributed by atoms with Gasteiger partial charge in [0, 0.05) is 23.8 Å². The third-order valence-corrected chi connectivity index (χ3v) is 2.80. The van der Waals surface area contributed by atoms with Crippen molar-refractivity contribution in [3.05, 3.63) is 52.6 Å². The molecule has 6 heteroatoms.